The number of hydrogen-bond donors (Lipinski definition) is 2. The lowest BCUT2D eigenvalue weighted by Gasteiger charge is -2.15. The normalized spacial score (nSPS) is 26.6. The number of hydrogen-bond acceptors (Lipinski definition) is 4. The summed E-state index contributed by atoms with van der Waals surface area (Å²) in [5.74, 6) is 0.412. The summed E-state index contributed by atoms with van der Waals surface area (Å²) in [5.41, 5.74) is 3.46. The predicted molar refractivity (Wildman–Crippen MR) is 100 cm³/mol. The van der Waals surface area contributed by atoms with Crippen molar-refractivity contribution in [2.75, 3.05) is 0 Å². The summed E-state index contributed by atoms with van der Waals surface area (Å²) in [7, 11) is 0. The van der Waals surface area contributed by atoms with Gasteiger partial charge in [-0.15, -0.1) is 0 Å². The lowest BCUT2D eigenvalue weighted by atomic mass is 9.90. The fourth-order valence-electron chi connectivity index (χ4n) is 4.53. The molecule has 140 valence electrons. The molecule has 2 fully saturated rings. The number of amides is 1. The molecule has 0 saturated heterocycles. The molecule has 4 rings (SSSR count). The Bertz CT molecular complexity index is 916. The van der Waals surface area contributed by atoms with Gasteiger partial charge in [0.1, 0.15) is 11.5 Å². The quantitative estimate of drug-likeness (QED) is 0.620. The minimum atomic E-state index is -1.01. The number of nitrogens with one attached hydrogen (secondary N) is 1. The Morgan fingerprint density at radius 3 is 2.81 bits per heavy atom. The van der Waals surface area contributed by atoms with Crippen LogP contribution in [0.1, 0.15) is 48.7 Å². The molecule has 1 aromatic carbocycles. The van der Waals surface area contributed by atoms with Gasteiger partial charge >= 0.3 is 5.97 Å². The van der Waals surface area contributed by atoms with Gasteiger partial charge in [-0.3, -0.25) is 4.79 Å². The monoisotopic (exact) mass is 366 g/mol. The van der Waals surface area contributed by atoms with Gasteiger partial charge in [0.15, 0.2) is 0 Å². The first-order valence-electron chi connectivity index (χ1n) is 9.26. The van der Waals surface area contributed by atoms with Gasteiger partial charge in [-0.05, 0) is 42.4 Å². The molecule has 27 heavy (non-hydrogen) atoms. The molecule has 2 aromatic rings. The second kappa shape index (κ2) is 6.68. The third-order valence-electron chi connectivity index (χ3n) is 6.03. The van der Waals surface area contributed by atoms with E-state index in [-0.39, 0.29) is 22.8 Å². The summed E-state index contributed by atoms with van der Waals surface area (Å²) in [4.78, 5) is 23.7. The van der Waals surface area contributed by atoms with E-state index in [1.54, 1.807) is 30.3 Å². The van der Waals surface area contributed by atoms with E-state index in [9.17, 15) is 14.7 Å². The zero-order valence-corrected chi connectivity index (χ0v) is 15.1. The predicted octanol–water partition coefficient (Wildman–Crippen LogP) is 3.92. The Labute approximate surface area is 157 Å². The summed E-state index contributed by atoms with van der Waals surface area (Å²) < 4.78 is 5.67. The molecular formula is C21H22N2O4. The molecule has 6 nitrogen and oxygen atoms in total. The highest BCUT2D eigenvalue weighted by atomic mass is 16.4. The Morgan fingerprint density at radius 2 is 2.07 bits per heavy atom. The first-order chi connectivity index (χ1) is 13.0. The third kappa shape index (κ3) is 3.16. The summed E-state index contributed by atoms with van der Waals surface area (Å²) in [5, 5.41) is 13.3. The lowest BCUT2D eigenvalue weighted by molar-refractivity contribution is -0.123. The maximum absolute atomic E-state index is 12.4. The van der Waals surface area contributed by atoms with Gasteiger partial charge in [-0.25, -0.2) is 10.2 Å². The molecule has 1 heterocycles. The van der Waals surface area contributed by atoms with Crippen LogP contribution in [0.5, 0.6) is 0 Å². The van der Waals surface area contributed by atoms with Crippen molar-refractivity contribution >= 4 is 18.1 Å². The maximum Gasteiger partial charge on any atom is 0.336 e. The topological polar surface area (TPSA) is 91.9 Å². The molecule has 0 bridgehead atoms. The van der Waals surface area contributed by atoms with Gasteiger partial charge in [0.05, 0.1) is 11.8 Å². The van der Waals surface area contributed by atoms with Crippen molar-refractivity contribution < 1.29 is 19.1 Å². The number of carbonyl (C=O) groups excluding carboxylic acids is 1. The summed E-state index contributed by atoms with van der Waals surface area (Å²) in [6.45, 7) is 2.20. The molecule has 2 aliphatic rings. The van der Waals surface area contributed by atoms with Crippen molar-refractivity contribution in [2.24, 2.45) is 22.4 Å². The average molecular weight is 366 g/mol. The number of hydrazone groups is 1. The lowest BCUT2D eigenvalue weighted by Crippen LogP contribution is -2.22. The zero-order chi connectivity index (χ0) is 19.0. The number of benzene rings is 1. The molecule has 2 N–H and O–H groups in total. The van der Waals surface area contributed by atoms with E-state index in [2.05, 4.69) is 17.5 Å². The smallest absolute Gasteiger partial charge is 0.336 e. The van der Waals surface area contributed by atoms with Crippen molar-refractivity contribution in [3.8, 4) is 11.3 Å². The van der Waals surface area contributed by atoms with Crippen molar-refractivity contribution in [3.05, 3.63) is 47.7 Å². The van der Waals surface area contributed by atoms with Crippen molar-refractivity contribution in [2.45, 2.75) is 32.6 Å². The second-order valence-electron chi connectivity index (χ2n) is 7.62. The van der Waals surface area contributed by atoms with Crippen LogP contribution in [-0.2, 0) is 4.79 Å². The van der Waals surface area contributed by atoms with Crippen LogP contribution in [0, 0.1) is 17.3 Å². The standard InChI is InChI=1S/C21H22N2O4/c1-21-11-5-4-8-16(21)18(21)19(24)23-22-12-13-9-10-17(27-13)14-6-2-3-7-15(14)20(25)26/h2-3,6-7,9-10,12,16,18H,4-5,8,11H2,1H3,(H,23,24)(H,25,26)/b22-12-/t16-,18+,21-/m0/s1. The zero-order valence-electron chi connectivity index (χ0n) is 15.1. The first-order valence-corrected chi connectivity index (χ1v) is 9.26. The number of carbonyl (C=O) groups is 2. The van der Waals surface area contributed by atoms with Gasteiger partial charge in [-0.1, -0.05) is 38.0 Å². The number of carboxylic acid groups (broad SMARTS) is 1. The highest BCUT2D eigenvalue weighted by molar-refractivity contribution is 5.95. The van der Waals surface area contributed by atoms with Crippen LogP contribution in [0.3, 0.4) is 0 Å². The molecule has 0 spiro atoms. The van der Waals surface area contributed by atoms with Crippen molar-refractivity contribution in [3.63, 3.8) is 0 Å². The highest BCUT2D eigenvalue weighted by Gasteiger charge is 2.64. The van der Waals surface area contributed by atoms with Crippen LogP contribution in [-0.4, -0.2) is 23.2 Å². The van der Waals surface area contributed by atoms with E-state index in [4.69, 9.17) is 4.42 Å². The second-order valence-corrected chi connectivity index (χ2v) is 7.62. The number of carboxylic acids is 1. The van der Waals surface area contributed by atoms with Crippen LogP contribution < -0.4 is 5.43 Å². The first kappa shape index (κ1) is 17.5. The fourth-order valence-corrected chi connectivity index (χ4v) is 4.53. The number of aromatic carboxylic acids is 1. The number of nitrogens with zero attached hydrogens (tertiary/aromatic N) is 1. The average Bonchev–Trinajstić information content (AvgIpc) is 3.03. The molecule has 6 heteroatoms. The van der Waals surface area contributed by atoms with E-state index in [0.717, 1.165) is 12.8 Å². The van der Waals surface area contributed by atoms with Crippen LogP contribution in [0.25, 0.3) is 11.3 Å². The van der Waals surface area contributed by atoms with Crippen LogP contribution in [0.15, 0.2) is 45.9 Å². The Hall–Kier alpha value is -2.89. The SMILES string of the molecule is C[C@]12CCCC[C@H]1[C@@H]2C(=O)N/N=C\c1ccc(-c2ccccc2C(=O)O)o1. The summed E-state index contributed by atoms with van der Waals surface area (Å²) in [6.07, 6.45) is 6.10. The summed E-state index contributed by atoms with van der Waals surface area (Å²) in [6, 6.07) is 10.0. The van der Waals surface area contributed by atoms with Crippen LogP contribution in [0.2, 0.25) is 0 Å². The minimum Gasteiger partial charge on any atom is -0.478 e. The van der Waals surface area contributed by atoms with Gasteiger partial charge in [0, 0.05) is 11.5 Å². The Balaban J connectivity index is 1.42. The molecule has 0 radical (unpaired) electrons. The van der Waals surface area contributed by atoms with E-state index >= 15 is 0 Å². The molecule has 2 aliphatic carbocycles. The van der Waals surface area contributed by atoms with Crippen LogP contribution >= 0.6 is 0 Å². The molecule has 3 atom stereocenters. The molecule has 0 aliphatic heterocycles. The van der Waals surface area contributed by atoms with E-state index in [0.29, 0.717) is 23.0 Å². The molecule has 0 unspecified atom stereocenters. The largest absolute Gasteiger partial charge is 0.478 e. The van der Waals surface area contributed by atoms with Gasteiger partial charge in [0.25, 0.3) is 0 Å². The van der Waals surface area contributed by atoms with Crippen molar-refractivity contribution in [1.82, 2.24) is 5.43 Å². The Kier molecular flexibility index (Phi) is 4.34. The number of fused-ring (bicyclic) bond motifs is 1. The Morgan fingerprint density at radius 1 is 1.26 bits per heavy atom. The number of rotatable bonds is 5. The number of furan rings is 1. The molecule has 1 aromatic heterocycles. The molecule has 1 amide bonds. The van der Waals surface area contributed by atoms with Gasteiger partial charge in [-0.2, -0.15) is 5.10 Å². The van der Waals surface area contributed by atoms with Gasteiger partial charge in [0.2, 0.25) is 5.91 Å². The minimum absolute atomic E-state index is 0.0244. The van der Waals surface area contributed by atoms with E-state index < -0.39 is 5.97 Å². The van der Waals surface area contributed by atoms with Gasteiger partial charge < -0.3 is 9.52 Å². The van der Waals surface area contributed by atoms with Crippen LogP contribution in [0.4, 0.5) is 0 Å². The van der Waals surface area contributed by atoms with E-state index in [1.807, 2.05) is 0 Å². The maximum atomic E-state index is 12.4. The summed E-state index contributed by atoms with van der Waals surface area (Å²) >= 11 is 0. The highest BCUT2D eigenvalue weighted by Crippen LogP contribution is 2.66. The fraction of sp³-hybridized carbons (Fsp3) is 0.381. The third-order valence-corrected chi connectivity index (χ3v) is 6.03. The molecule has 2 saturated carbocycles. The molecular weight excluding hydrogens is 344 g/mol. The van der Waals surface area contributed by atoms with E-state index in [1.165, 1.54) is 25.1 Å². The van der Waals surface area contributed by atoms with Crippen molar-refractivity contribution in [1.29, 1.82) is 0 Å².